The number of hydrogen-bond donors (Lipinski definition) is 1. The first-order chi connectivity index (χ1) is 6.94. The number of nitrogens with one attached hydrogen (secondary N) is 1. The number of rotatable bonds is 4. The molecule has 0 aliphatic carbocycles. The van der Waals surface area contributed by atoms with Gasteiger partial charge in [-0.25, -0.2) is 0 Å². The van der Waals surface area contributed by atoms with Crippen LogP contribution in [0, 0.1) is 0 Å². The number of thiophene rings is 1. The Labute approximate surface area is 107 Å². The Kier molecular flexibility index (Phi) is 4.67. The van der Waals surface area contributed by atoms with Gasteiger partial charge in [0.1, 0.15) is 0 Å². The molecule has 0 atom stereocenters. The van der Waals surface area contributed by atoms with Crippen LogP contribution in [0.4, 0.5) is 0 Å². The van der Waals surface area contributed by atoms with Crippen molar-refractivity contribution in [3.8, 4) is 0 Å². The first-order valence-corrected chi connectivity index (χ1v) is 7.37. The second-order valence-electron chi connectivity index (χ2n) is 3.75. The SMILES string of the molecule is CSC(C)(C)CNC(=O)c1ccc(Br)s1. The lowest BCUT2D eigenvalue weighted by Gasteiger charge is -2.21. The van der Waals surface area contributed by atoms with Crippen molar-refractivity contribution in [1.82, 2.24) is 5.32 Å². The number of carbonyl (C=O) groups excluding carboxylic acids is 1. The highest BCUT2D eigenvalue weighted by atomic mass is 79.9. The zero-order valence-electron chi connectivity index (χ0n) is 8.96. The van der Waals surface area contributed by atoms with Crippen molar-refractivity contribution in [2.45, 2.75) is 18.6 Å². The molecule has 1 amide bonds. The minimum absolute atomic E-state index is 0.00725. The summed E-state index contributed by atoms with van der Waals surface area (Å²) in [6, 6.07) is 3.72. The Morgan fingerprint density at radius 3 is 2.73 bits per heavy atom. The highest BCUT2D eigenvalue weighted by Gasteiger charge is 2.17. The van der Waals surface area contributed by atoms with Gasteiger partial charge in [0, 0.05) is 11.3 Å². The molecule has 15 heavy (non-hydrogen) atoms. The van der Waals surface area contributed by atoms with Gasteiger partial charge in [0.25, 0.3) is 5.91 Å². The molecule has 1 aromatic rings. The summed E-state index contributed by atoms with van der Waals surface area (Å²) in [4.78, 5) is 12.4. The van der Waals surface area contributed by atoms with E-state index in [0.29, 0.717) is 6.54 Å². The normalized spacial score (nSPS) is 11.5. The summed E-state index contributed by atoms with van der Waals surface area (Å²) in [6.07, 6.45) is 2.05. The molecule has 1 rings (SSSR count). The standard InChI is InChI=1S/C10H14BrNOS2/c1-10(2,14-3)6-12-9(13)7-4-5-8(11)15-7/h4-5H,6H2,1-3H3,(H,12,13). The summed E-state index contributed by atoms with van der Waals surface area (Å²) in [6.45, 7) is 4.91. The van der Waals surface area contributed by atoms with Gasteiger partial charge in [-0.05, 0) is 48.2 Å². The molecule has 0 spiro atoms. The van der Waals surface area contributed by atoms with E-state index < -0.39 is 0 Å². The summed E-state index contributed by atoms with van der Waals surface area (Å²) < 4.78 is 1.07. The molecule has 0 aliphatic heterocycles. The summed E-state index contributed by atoms with van der Waals surface area (Å²) >= 11 is 6.54. The van der Waals surface area contributed by atoms with Crippen molar-refractivity contribution in [3.63, 3.8) is 0 Å². The number of hydrogen-bond acceptors (Lipinski definition) is 3. The van der Waals surface area contributed by atoms with Crippen LogP contribution >= 0.6 is 39.0 Å². The van der Waals surface area contributed by atoms with Gasteiger partial charge in [0.05, 0.1) is 8.66 Å². The third-order valence-corrected chi connectivity index (χ3v) is 4.90. The highest BCUT2D eigenvalue weighted by Crippen LogP contribution is 2.23. The number of halogens is 1. The Morgan fingerprint density at radius 2 is 2.27 bits per heavy atom. The molecule has 1 aromatic heterocycles. The zero-order valence-corrected chi connectivity index (χ0v) is 12.2. The van der Waals surface area contributed by atoms with E-state index in [1.807, 2.05) is 18.4 Å². The van der Waals surface area contributed by atoms with E-state index in [2.05, 4.69) is 35.1 Å². The molecule has 0 aliphatic rings. The van der Waals surface area contributed by atoms with E-state index >= 15 is 0 Å². The maximum atomic E-state index is 11.7. The topological polar surface area (TPSA) is 29.1 Å². The van der Waals surface area contributed by atoms with Crippen LogP contribution in [0.5, 0.6) is 0 Å². The molecule has 0 unspecified atom stereocenters. The number of thioether (sulfide) groups is 1. The fraction of sp³-hybridized carbons (Fsp3) is 0.500. The maximum Gasteiger partial charge on any atom is 0.261 e. The predicted octanol–water partition coefficient (Wildman–Crippen LogP) is 3.38. The molecule has 2 nitrogen and oxygen atoms in total. The van der Waals surface area contributed by atoms with Gasteiger partial charge in [-0.3, -0.25) is 4.79 Å². The lowest BCUT2D eigenvalue weighted by atomic mass is 10.2. The maximum absolute atomic E-state index is 11.7. The summed E-state index contributed by atoms with van der Waals surface area (Å²) in [5, 5.41) is 2.93. The van der Waals surface area contributed by atoms with Gasteiger partial charge < -0.3 is 5.32 Å². The third kappa shape index (κ3) is 4.17. The van der Waals surface area contributed by atoms with Crippen LogP contribution in [0.15, 0.2) is 15.9 Å². The monoisotopic (exact) mass is 307 g/mol. The molecule has 1 heterocycles. The molecule has 0 saturated carbocycles. The third-order valence-electron chi connectivity index (χ3n) is 2.02. The van der Waals surface area contributed by atoms with Crippen molar-refractivity contribution in [2.75, 3.05) is 12.8 Å². The van der Waals surface area contributed by atoms with Gasteiger partial charge in [-0.1, -0.05) is 0 Å². The molecular weight excluding hydrogens is 294 g/mol. The molecule has 84 valence electrons. The Morgan fingerprint density at radius 1 is 1.60 bits per heavy atom. The number of carbonyl (C=O) groups is 1. The van der Waals surface area contributed by atoms with Gasteiger partial charge >= 0.3 is 0 Å². The predicted molar refractivity (Wildman–Crippen MR) is 71.9 cm³/mol. The lowest BCUT2D eigenvalue weighted by Crippen LogP contribution is -2.35. The lowest BCUT2D eigenvalue weighted by molar-refractivity contribution is 0.0955. The van der Waals surface area contributed by atoms with E-state index in [0.717, 1.165) is 8.66 Å². The summed E-state index contributed by atoms with van der Waals surface area (Å²) in [7, 11) is 0. The fourth-order valence-electron chi connectivity index (χ4n) is 0.889. The highest BCUT2D eigenvalue weighted by molar-refractivity contribution is 9.11. The summed E-state index contributed by atoms with van der Waals surface area (Å²) in [5.74, 6) is 0.00725. The van der Waals surface area contributed by atoms with Crippen LogP contribution in [0.1, 0.15) is 23.5 Å². The minimum Gasteiger partial charge on any atom is -0.350 e. The van der Waals surface area contributed by atoms with E-state index in [-0.39, 0.29) is 10.7 Å². The van der Waals surface area contributed by atoms with Gasteiger partial charge in [-0.2, -0.15) is 11.8 Å². The molecule has 0 fully saturated rings. The van der Waals surface area contributed by atoms with Crippen LogP contribution in [0.3, 0.4) is 0 Å². The largest absolute Gasteiger partial charge is 0.350 e. The van der Waals surface area contributed by atoms with Crippen LogP contribution in [-0.4, -0.2) is 23.5 Å². The van der Waals surface area contributed by atoms with E-state index in [1.54, 1.807) is 11.8 Å². The van der Waals surface area contributed by atoms with Crippen LogP contribution < -0.4 is 5.32 Å². The zero-order chi connectivity index (χ0) is 11.5. The smallest absolute Gasteiger partial charge is 0.261 e. The molecule has 0 aromatic carbocycles. The average Bonchev–Trinajstić information content (AvgIpc) is 2.61. The molecule has 0 saturated heterocycles. The first kappa shape index (κ1) is 13.1. The van der Waals surface area contributed by atoms with Crippen molar-refractivity contribution < 1.29 is 4.79 Å². The fourth-order valence-corrected chi connectivity index (χ4v) is 2.41. The summed E-state index contributed by atoms with van der Waals surface area (Å²) in [5.41, 5.74) is 0. The van der Waals surface area contributed by atoms with Crippen molar-refractivity contribution in [3.05, 3.63) is 20.8 Å². The van der Waals surface area contributed by atoms with E-state index in [4.69, 9.17) is 0 Å². The van der Waals surface area contributed by atoms with Gasteiger partial charge in [0.2, 0.25) is 0 Å². The quantitative estimate of drug-likeness (QED) is 0.924. The van der Waals surface area contributed by atoms with Crippen LogP contribution in [0.25, 0.3) is 0 Å². The van der Waals surface area contributed by atoms with Crippen molar-refractivity contribution in [2.24, 2.45) is 0 Å². The number of amides is 1. The molecule has 1 N–H and O–H groups in total. The molecule has 0 radical (unpaired) electrons. The molecule has 5 heteroatoms. The molecular formula is C10H14BrNOS2. The van der Waals surface area contributed by atoms with E-state index in [9.17, 15) is 4.79 Å². The second-order valence-corrected chi connectivity index (χ2v) is 7.73. The van der Waals surface area contributed by atoms with Gasteiger partial charge in [0.15, 0.2) is 0 Å². The Hall–Kier alpha value is -0.0000000000000000833. The van der Waals surface area contributed by atoms with Crippen molar-refractivity contribution in [1.29, 1.82) is 0 Å². The minimum atomic E-state index is 0.00725. The van der Waals surface area contributed by atoms with Crippen LogP contribution in [0.2, 0.25) is 0 Å². The first-order valence-electron chi connectivity index (χ1n) is 4.53. The van der Waals surface area contributed by atoms with E-state index in [1.165, 1.54) is 11.3 Å². The second kappa shape index (κ2) is 5.37. The Balaban J connectivity index is 2.50. The van der Waals surface area contributed by atoms with Crippen molar-refractivity contribution >= 4 is 44.9 Å². The average molecular weight is 308 g/mol. The Bertz CT molecular complexity index is 349. The van der Waals surface area contributed by atoms with Crippen LogP contribution in [-0.2, 0) is 0 Å². The van der Waals surface area contributed by atoms with Gasteiger partial charge in [-0.15, -0.1) is 11.3 Å². The molecule has 0 bridgehead atoms.